The van der Waals surface area contributed by atoms with E-state index in [2.05, 4.69) is 23.2 Å². The Kier molecular flexibility index (Phi) is 3.47. The molecule has 3 rings (SSSR count). The zero-order valence-electron chi connectivity index (χ0n) is 12.3. The number of carbonyl (C=O) groups excluding carboxylic acids is 1. The molecule has 2 aromatic carbocycles. The first kappa shape index (κ1) is 13.8. The third kappa shape index (κ3) is 2.54. The van der Waals surface area contributed by atoms with Crippen molar-refractivity contribution in [3.05, 3.63) is 53.0 Å². The van der Waals surface area contributed by atoms with Crippen LogP contribution < -0.4 is 0 Å². The lowest BCUT2D eigenvalue weighted by atomic mass is 9.99. The van der Waals surface area contributed by atoms with E-state index in [4.69, 9.17) is 0 Å². The number of thiazole rings is 1. The Bertz CT molecular complexity index is 821. The minimum atomic E-state index is 0.0140. The van der Waals surface area contributed by atoms with E-state index < -0.39 is 0 Å². The van der Waals surface area contributed by atoms with Gasteiger partial charge in [-0.3, -0.25) is 4.79 Å². The number of hydrogen-bond acceptors (Lipinski definition) is 3. The number of nitrogens with zero attached hydrogens (tertiary/aromatic N) is 2. The van der Waals surface area contributed by atoms with Gasteiger partial charge in [0.15, 0.2) is 0 Å². The summed E-state index contributed by atoms with van der Waals surface area (Å²) in [6, 6.07) is 13.9. The molecule has 3 aromatic rings. The molecule has 0 aliphatic carbocycles. The fraction of sp³-hybridized carbons (Fsp3) is 0.176. The molecule has 0 spiro atoms. The summed E-state index contributed by atoms with van der Waals surface area (Å²) in [4.78, 5) is 18.5. The van der Waals surface area contributed by atoms with E-state index >= 15 is 0 Å². The van der Waals surface area contributed by atoms with Crippen LogP contribution in [0.4, 0.5) is 0 Å². The maximum Gasteiger partial charge on any atom is 0.253 e. The molecule has 0 radical (unpaired) electrons. The minimum Gasteiger partial charge on any atom is -0.345 e. The number of aromatic nitrogens is 1. The zero-order chi connectivity index (χ0) is 15.0. The number of benzene rings is 2. The first-order chi connectivity index (χ1) is 10.1. The Morgan fingerprint density at radius 1 is 1.14 bits per heavy atom. The predicted octanol–water partition coefficient (Wildman–Crippen LogP) is 3.97. The number of rotatable bonds is 2. The Morgan fingerprint density at radius 2 is 1.90 bits per heavy atom. The minimum absolute atomic E-state index is 0.0140. The average Bonchev–Trinajstić information content (AvgIpc) is 2.85. The summed E-state index contributed by atoms with van der Waals surface area (Å²) < 4.78 is 1.17. The zero-order valence-corrected chi connectivity index (χ0v) is 13.1. The van der Waals surface area contributed by atoms with Crippen LogP contribution in [0.15, 0.2) is 42.5 Å². The van der Waals surface area contributed by atoms with Crippen molar-refractivity contribution in [3.63, 3.8) is 0 Å². The van der Waals surface area contributed by atoms with Crippen molar-refractivity contribution < 1.29 is 4.79 Å². The molecule has 106 valence electrons. The molecule has 0 unspecified atom stereocenters. The van der Waals surface area contributed by atoms with Crippen molar-refractivity contribution in [2.45, 2.75) is 6.92 Å². The maximum atomic E-state index is 12.3. The van der Waals surface area contributed by atoms with Gasteiger partial charge in [-0.05, 0) is 36.2 Å². The van der Waals surface area contributed by atoms with Crippen LogP contribution in [0.25, 0.3) is 21.3 Å². The van der Waals surface area contributed by atoms with E-state index in [9.17, 15) is 4.79 Å². The first-order valence-corrected chi connectivity index (χ1v) is 7.56. The molecule has 0 fully saturated rings. The highest BCUT2D eigenvalue weighted by Crippen LogP contribution is 2.29. The lowest BCUT2D eigenvalue weighted by Crippen LogP contribution is -2.22. The summed E-state index contributed by atoms with van der Waals surface area (Å²) in [7, 11) is 3.54. The van der Waals surface area contributed by atoms with Crippen LogP contribution in [0.5, 0.6) is 0 Å². The fourth-order valence-corrected chi connectivity index (χ4v) is 3.18. The quantitative estimate of drug-likeness (QED) is 0.717. The summed E-state index contributed by atoms with van der Waals surface area (Å²) in [6.07, 6.45) is 0. The number of carbonyl (C=O) groups is 1. The van der Waals surface area contributed by atoms with Gasteiger partial charge in [-0.1, -0.05) is 24.3 Å². The van der Waals surface area contributed by atoms with Gasteiger partial charge in [0.05, 0.1) is 15.2 Å². The molecule has 1 amide bonds. The van der Waals surface area contributed by atoms with Gasteiger partial charge in [0.25, 0.3) is 5.91 Å². The molecule has 1 heterocycles. The van der Waals surface area contributed by atoms with Gasteiger partial charge in [0, 0.05) is 19.7 Å². The number of aryl methyl sites for hydroxylation is 1. The molecule has 0 N–H and O–H groups in total. The fourth-order valence-electron chi connectivity index (χ4n) is 2.37. The van der Waals surface area contributed by atoms with Gasteiger partial charge in [0.2, 0.25) is 0 Å². The summed E-state index contributed by atoms with van der Waals surface area (Å²) in [5.41, 5.74) is 3.68. The van der Waals surface area contributed by atoms with E-state index in [1.807, 2.05) is 31.2 Å². The second kappa shape index (κ2) is 5.30. The SMILES string of the molecule is Cc1nc2cc(-c3ccccc3C(=O)N(C)C)ccc2s1. The molecule has 0 aliphatic heterocycles. The molecule has 4 heteroatoms. The van der Waals surface area contributed by atoms with Crippen molar-refractivity contribution in [3.8, 4) is 11.1 Å². The molecular formula is C17H16N2OS. The van der Waals surface area contributed by atoms with Crippen LogP contribution in [0.2, 0.25) is 0 Å². The Hall–Kier alpha value is -2.20. The summed E-state index contributed by atoms with van der Waals surface area (Å²) in [6.45, 7) is 2.01. The Balaban J connectivity index is 2.16. The Morgan fingerprint density at radius 3 is 2.67 bits per heavy atom. The third-order valence-electron chi connectivity index (χ3n) is 3.37. The van der Waals surface area contributed by atoms with E-state index in [0.717, 1.165) is 21.7 Å². The highest BCUT2D eigenvalue weighted by Gasteiger charge is 2.14. The highest BCUT2D eigenvalue weighted by atomic mass is 32.1. The predicted molar refractivity (Wildman–Crippen MR) is 87.8 cm³/mol. The van der Waals surface area contributed by atoms with E-state index in [-0.39, 0.29) is 5.91 Å². The molecule has 3 nitrogen and oxygen atoms in total. The molecule has 0 saturated heterocycles. The summed E-state index contributed by atoms with van der Waals surface area (Å²) >= 11 is 1.69. The topological polar surface area (TPSA) is 33.2 Å². The molecule has 0 atom stereocenters. The molecular weight excluding hydrogens is 280 g/mol. The number of fused-ring (bicyclic) bond motifs is 1. The van der Waals surface area contributed by atoms with Crippen LogP contribution in [0.1, 0.15) is 15.4 Å². The number of amides is 1. The van der Waals surface area contributed by atoms with Gasteiger partial charge < -0.3 is 4.90 Å². The van der Waals surface area contributed by atoms with Crippen molar-refractivity contribution in [2.24, 2.45) is 0 Å². The smallest absolute Gasteiger partial charge is 0.253 e. The van der Waals surface area contributed by atoms with E-state index in [1.54, 1.807) is 30.3 Å². The third-order valence-corrected chi connectivity index (χ3v) is 4.32. The summed E-state index contributed by atoms with van der Waals surface area (Å²) in [5.74, 6) is 0.0140. The Labute approximate surface area is 127 Å². The van der Waals surface area contributed by atoms with Crippen LogP contribution in [-0.2, 0) is 0 Å². The van der Waals surface area contributed by atoms with Crippen molar-refractivity contribution in [1.29, 1.82) is 0 Å². The van der Waals surface area contributed by atoms with Crippen LogP contribution in [0.3, 0.4) is 0 Å². The molecule has 21 heavy (non-hydrogen) atoms. The standard InChI is InChI=1S/C17H16N2OS/c1-11-18-15-10-12(8-9-16(15)21-11)13-6-4-5-7-14(13)17(20)19(2)3/h4-10H,1-3H3. The van der Waals surface area contributed by atoms with Gasteiger partial charge >= 0.3 is 0 Å². The first-order valence-electron chi connectivity index (χ1n) is 6.74. The van der Waals surface area contributed by atoms with Gasteiger partial charge in [-0.15, -0.1) is 11.3 Å². The van der Waals surface area contributed by atoms with Gasteiger partial charge in [-0.25, -0.2) is 4.98 Å². The van der Waals surface area contributed by atoms with E-state index in [0.29, 0.717) is 5.56 Å². The highest BCUT2D eigenvalue weighted by molar-refractivity contribution is 7.18. The average molecular weight is 296 g/mol. The van der Waals surface area contributed by atoms with Crippen LogP contribution >= 0.6 is 11.3 Å². The van der Waals surface area contributed by atoms with Crippen LogP contribution in [-0.4, -0.2) is 29.9 Å². The van der Waals surface area contributed by atoms with Crippen molar-refractivity contribution in [1.82, 2.24) is 9.88 Å². The second-order valence-electron chi connectivity index (χ2n) is 5.16. The lowest BCUT2D eigenvalue weighted by Gasteiger charge is -2.14. The van der Waals surface area contributed by atoms with Gasteiger partial charge in [-0.2, -0.15) is 0 Å². The molecule has 1 aromatic heterocycles. The molecule has 0 bridgehead atoms. The lowest BCUT2D eigenvalue weighted by molar-refractivity contribution is 0.0828. The molecule has 0 saturated carbocycles. The van der Waals surface area contributed by atoms with Gasteiger partial charge in [0.1, 0.15) is 0 Å². The second-order valence-corrected chi connectivity index (χ2v) is 6.40. The van der Waals surface area contributed by atoms with Crippen LogP contribution in [0, 0.1) is 6.92 Å². The normalized spacial score (nSPS) is 10.8. The molecule has 0 aliphatic rings. The van der Waals surface area contributed by atoms with Crippen molar-refractivity contribution in [2.75, 3.05) is 14.1 Å². The monoisotopic (exact) mass is 296 g/mol. The van der Waals surface area contributed by atoms with E-state index in [1.165, 1.54) is 4.70 Å². The summed E-state index contributed by atoms with van der Waals surface area (Å²) in [5, 5.41) is 1.06. The maximum absolute atomic E-state index is 12.3. The largest absolute Gasteiger partial charge is 0.345 e. The van der Waals surface area contributed by atoms with Crippen molar-refractivity contribution >= 4 is 27.5 Å². The number of hydrogen-bond donors (Lipinski definition) is 0.